The third kappa shape index (κ3) is 1.78. The van der Waals surface area contributed by atoms with Gasteiger partial charge in [-0.2, -0.15) is 0 Å². The zero-order valence-electron chi connectivity index (χ0n) is 10.9. The van der Waals surface area contributed by atoms with Gasteiger partial charge in [-0.25, -0.2) is 0 Å². The molecule has 1 saturated carbocycles. The standard InChI is InChI=1S/C14H20O3/c1-9-5-11(16-3)6-12(17-4)13(9)14(8-15)7-10(14)2/h5-6,10,15H,7-8H2,1-4H3. The fraction of sp³-hybridized carbons (Fsp3) is 0.571. The molecule has 3 nitrogen and oxygen atoms in total. The van der Waals surface area contributed by atoms with Crippen molar-refractivity contribution in [2.24, 2.45) is 5.92 Å². The number of aryl methyl sites for hydroxylation is 1. The van der Waals surface area contributed by atoms with Gasteiger partial charge in [-0.05, 0) is 30.9 Å². The molecule has 0 bridgehead atoms. The molecule has 1 N–H and O–H groups in total. The Morgan fingerprint density at radius 1 is 1.35 bits per heavy atom. The van der Waals surface area contributed by atoms with E-state index in [0.29, 0.717) is 5.92 Å². The van der Waals surface area contributed by atoms with Crippen molar-refractivity contribution in [3.05, 3.63) is 23.3 Å². The van der Waals surface area contributed by atoms with Crippen molar-refractivity contribution >= 4 is 0 Å². The number of rotatable bonds is 4. The van der Waals surface area contributed by atoms with Crippen molar-refractivity contribution in [1.29, 1.82) is 0 Å². The molecule has 2 rings (SSSR count). The van der Waals surface area contributed by atoms with Crippen molar-refractivity contribution in [3.63, 3.8) is 0 Å². The van der Waals surface area contributed by atoms with Crippen LogP contribution in [0.15, 0.2) is 12.1 Å². The fourth-order valence-corrected chi connectivity index (χ4v) is 2.78. The number of hydrogen-bond donors (Lipinski definition) is 1. The summed E-state index contributed by atoms with van der Waals surface area (Å²) in [6.45, 7) is 4.39. The van der Waals surface area contributed by atoms with Crippen LogP contribution in [-0.4, -0.2) is 25.9 Å². The molecule has 0 heterocycles. The summed E-state index contributed by atoms with van der Waals surface area (Å²) in [4.78, 5) is 0. The molecule has 0 radical (unpaired) electrons. The first-order valence-corrected chi connectivity index (χ1v) is 5.93. The van der Waals surface area contributed by atoms with E-state index in [1.54, 1.807) is 14.2 Å². The quantitative estimate of drug-likeness (QED) is 0.871. The third-order valence-electron chi connectivity index (χ3n) is 3.96. The highest BCUT2D eigenvalue weighted by molar-refractivity contribution is 5.53. The van der Waals surface area contributed by atoms with Crippen LogP contribution in [0.5, 0.6) is 11.5 Å². The minimum atomic E-state index is -0.109. The number of methoxy groups -OCH3 is 2. The zero-order valence-corrected chi connectivity index (χ0v) is 10.9. The average molecular weight is 236 g/mol. The molecule has 0 amide bonds. The molecule has 1 aromatic rings. The summed E-state index contributed by atoms with van der Waals surface area (Å²) >= 11 is 0. The third-order valence-corrected chi connectivity index (χ3v) is 3.96. The van der Waals surface area contributed by atoms with Crippen molar-refractivity contribution in [2.45, 2.75) is 25.7 Å². The molecule has 1 fully saturated rings. The lowest BCUT2D eigenvalue weighted by atomic mass is 9.89. The van der Waals surface area contributed by atoms with Crippen LogP contribution in [0.3, 0.4) is 0 Å². The lowest BCUT2D eigenvalue weighted by Crippen LogP contribution is -2.17. The predicted octanol–water partition coefficient (Wildman–Crippen LogP) is 2.28. The van der Waals surface area contributed by atoms with E-state index in [2.05, 4.69) is 6.92 Å². The van der Waals surface area contributed by atoms with E-state index < -0.39 is 0 Å². The molecule has 0 spiro atoms. The number of hydrogen-bond acceptors (Lipinski definition) is 3. The van der Waals surface area contributed by atoms with E-state index in [0.717, 1.165) is 29.0 Å². The first-order valence-electron chi connectivity index (χ1n) is 5.93. The van der Waals surface area contributed by atoms with Crippen LogP contribution in [0.2, 0.25) is 0 Å². The summed E-state index contributed by atoms with van der Waals surface area (Å²) in [5.74, 6) is 2.12. The van der Waals surface area contributed by atoms with Gasteiger partial charge in [0.15, 0.2) is 0 Å². The van der Waals surface area contributed by atoms with Crippen LogP contribution in [0.4, 0.5) is 0 Å². The first kappa shape index (κ1) is 12.2. The van der Waals surface area contributed by atoms with Crippen LogP contribution in [-0.2, 0) is 5.41 Å². The van der Waals surface area contributed by atoms with Gasteiger partial charge in [0, 0.05) is 17.0 Å². The number of aliphatic hydroxyl groups is 1. The van der Waals surface area contributed by atoms with Crippen molar-refractivity contribution < 1.29 is 14.6 Å². The van der Waals surface area contributed by atoms with E-state index in [1.807, 2.05) is 19.1 Å². The summed E-state index contributed by atoms with van der Waals surface area (Å²) in [6.07, 6.45) is 1.02. The van der Waals surface area contributed by atoms with Crippen LogP contribution in [0.25, 0.3) is 0 Å². The summed E-state index contributed by atoms with van der Waals surface area (Å²) in [6, 6.07) is 3.89. The summed E-state index contributed by atoms with van der Waals surface area (Å²) in [5.41, 5.74) is 2.15. The Morgan fingerprint density at radius 2 is 2.00 bits per heavy atom. The van der Waals surface area contributed by atoms with Crippen molar-refractivity contribution in [3.8, 4) is 11.5 Å². The Bertz CT molecular complexity index is 424. The minimum Gasteiger partial charge on any atom is -0.497 e. The molecule has 94 valence electrons. The molecule has 17 heavy (non-hydrogen) atoms. The van der Waals surface area contributed by atoms with E-state index in [1.165, 1.54) is 0 Å². The lowest BCUT2D eigenvalue weighted by molar-refractivity contribution is 0.242. The highest BCUT2D eigenvalue weighted by Gasteiger charge is 2.54. The molecule has 3 heteroatoms. The Hall–Kier alpha value is -1.22. The molecular formula is C14H20O3. The van der Waals surface area contributed by atoms with Gasteiger partial charge in [-0.15, -0.1) is 0 Å². The molecule has 1 aliphatic carbocycles. The molecule has 2 unspecified atom stereocenters. The van der Waals surface area contributed by atoms with Gasteiger partial charge in [0.2, 0.25) is 0 Å². The van der Waals surface area contributed by atoms with Gasteiger partial charge in [0.25, 0.3) is 0 Å². The van der Waals surface area contributed by atoms with E-state index >= 15 is 0 Å². The van der Waals surface area contributed by atoms with E-state index in [4.69, 9.17) is 9.47 Å². The fourth-order valence-electron chi connectivity index (χ4n) is 2.78. The lowest BCUT2D eigenvalue weighted by Gasteiger charge is -2.21. The van der Waals surface area contributed by atoms with Gasteiger partial charge >= 0.3 is 0 Å². The Balaban J connectivity index is 2.53. The van der Waals surface area contributed by atoms with Crippen molar-refractivity contribution in [2.75, 3.05) is 20.8 Å². The van der Waals surface area contributed by atoms with Gasteiger partial charge in [-0.3, -0.25) is 0 Å². The zero-order chi connectivity index (χ0) is 12.6. The maximum Gasteiger partial charge on any atom is 0.126 e. The molecule has 0 aromatic heterocycles. The van der Waals surface area contributed by atoms with Crippen LogP contribution in [0.1, 0.15) is 24.5 Å². The van der Waals surface area contributed by atoms with E-state index in [-0.39, 0.29) is 12.0 Å². The molecule has 0 saturated heterocycles. The smallest absolute Gasteiger partial charge is 0.126 e. The van der Waals surface area contributed by atoms with Gasteiger partial charge < -0.3 is 14.6 Å². The Kier molecular flexibility index (Phi) is 3.04. The Labute approximate surface area is 102 Å². The molecule has 2 atom stereocenters. The second-order valence-electron chi connectivity index (χ2n) is 4.94. The summed E-state index contributed by atoms with van der Waals surface area (Å²) in [5, 5.41) is 9.66. The normalized spacial score (nSPS) is 26.8. The largest absolute Gasteiger partial charge is 0.497 e. The van der Waals surface area contributed by atoms with E-state index in [9.17, 15) is 5.11 Å². The highest BCUT2D eigenvalue weighted by Crippen LogP contribution is 2.57. The first-order chi connectivity index (χ1) is 8.08. The van der Waals surface area contributed by atoms with Gasteiger partial charge in [0.05, 0.1) is 20.8 Å². The number of aliphatic hydroxyl groups excluding tert-OH is 1. The van der Waals surface area contributed by atoms with Crippen LogP contribution < -0.4 is 9.47 Å². The minimum absolute atomic E-state index is 0.109. The van der Waals surface area contributed by atoms with Gasteiger partial charge in [0.1, 0.15) is 11.5 Å². The predicted molar refractivity (Wildman–Crippen MR) is 66.8 cm³/mol. The van der Waals surface area contributed by atoms with Crippen LogP contribution >= 0.6 is 0 Å². The second kappa shape index (κ2) is 4.22. The number of benzene rings is 1. The summed E-state index contributed by atoms with van der Waals surface area (Å²) < 4.78 is 10.7. The SMILES string of the molecule is COc1cc(C)c(C2(CO)CC2C)c(OC)c1. The topological polar surface area (TPSA) is 38.7 Å². The second-order valence-corrected chi connectivity index (χ2v) is 4.94. The van der Waals surface area contributed by atoms with Gasteiger partial charge in [-0.1, -0.05) is 6.92 Å². The highest BCUT2D eigenvalue weighted by atomic mass is 16.5. The molecule has 1 aliphatic rings. The molecular weight excluding hydrogens is 216 g/mol. The molecule has 0 aliphatic heterocycles. The number of ether oxygens (including phenoxy) is 2. The monoisotopic (exact) mass is 236 g/mol. The summed E-state index contributed by atoms with van der Waals surface area (Å²) in [7, 11) is 3.31. The maximum atomic E-state index is 9.66. The Morgan fingerprint density at radius 3 is 2.41 bits per heavy atom. The maximum absolute atomic E-state index is 9.66. The van der Waals surface area contributed by atoms with Crippen molar-refractivity contribution in [1.82, 2.24) is 0 Å². The van der Waals surface area contributed by atoms with Crippen LogP contribution in [0, 0.1) is 12.8 Å². The average Bonchev–Trinajstić information content (AvgIpc) is 2.99. The molecule has 1 aromatic carbocycles.